The first kappa shape index (κ1) is 13.3. The molecule has 0 spiro atoms. The third-order valence-electron chi connectivity index (χ3n) is 4.15. The first-order valence-electron chi connectivity index (χ1n) is 6.93. The van der Waals surface area contributed by atoms with Crippen LogP contribution in [0.3, 0.4) is 0 Å². The van der Waals surface area contributed by atoms with Gasteiger partial charge < -0.3 is 0 Å². The number of carbonyl (C=O) groups excluding carboxylic acids is 1. The van der Waals surface area contributed by atoms with Crippen molar-refractivity contribution < 1.29 is 4.79 Å². The topological polar surface area (TPSA) is 20.3 Å². The lowest BCUT2D eigenvalue weighted by Crippen LogP contribution is -2.38. The predicted octanol–water partition coefficient (Wildman–Crippen LogP) is 3.27. The van der Waals surface area contributed by atoms with Crippen LogP contribution < -0.4 is 0 Å². The third kappa shape index (κ3) is 2.99. The van der Waals surface area contributed by atoms with E-state index < -0.39 is 0 Å². The van der Waals surface area contributed by atoms with Gasteiger partial charge >= 0.3 is 0 Å². The summed E-state index contributed by atoms with van der Waals surface area (Å²) in [5.41, 5.74) is 1.19. The molecular formula is C16H23NO. The normalized spacial score (nSPS) is 26.0. The molecular weight excluding hydrogens is 222 g/mol. The monoisotopic (exact) mass is 245 g/mol. The number of carbonyl (C=O) groups is 1. The molecule has 1 aromatic rings. The van der Waals surface area contributed by atoms with Crippen molar-refractivity contribution in [3.8, 4) is 0 Å². The van der Waals surface area contributed by atoms with Crippen LogP contribution in [0, 0.1) is 5.41 Å². The fraction of sp³-hybridized carbons (Fsp3) is 0.562. The van der Waals surface area contributed by atoms with Gasteiger partial charge in [-0.3, -0.25) is 9.69 Å². The van der Waals surface area contributed by atoms with E-state index in [0.717, 1.165) is 38.9 Å². The summed E-state index contributed by atoms with van der Waals surface area (Å²) in [5, 5.41) is 0. The van der Waals surface area contributed by atoms with Gasteiger partial charge in [0.25, 0.3) is 0 Å². The fourth-order valence-corrected chi connectivity index (χ4v) is 2.71. The van der Waals surface area contributed by atoms with E-state index in [1.807, 2.05) is 6.07 Å². The van der Waals surface area contributed by atoms with Crippen molar-refractivity contribution >= 4 is 5.78 Å². The van der Waals surface area contributed by atoms with Crippen molar-refractivity contribution in [3.05, 3.63) is 35.9 Å². The highest BCUT2D eigenvalue weighted by molar-refractivity contribution is 5.84. The van der Waals surface area contributed by atoms with Crippen molar-refractivity contribution in [2.75, 3.05) is 13.1 Å². The molecule has 1 fully saturated rings. The van der Waals surface area contributed by atoms with Crippen molar-refractivity contribution in [2.24, 2.45) is 5.41 Å². The largest absolute Gasteiger partial charge is 0.299 e. The molecule has 0 radical (unpaired) electrons. The molecule has 0 amide bonds. The van der Waals surface area contributed by atoms with Gasteiger partial charge in [-0.05, 0) is 24.9 Å². The number of hydrogen-bond donors (Lipinski definition) is 0. The van der Waals surface area contributed by atoms with Crippen LogP contribution in [-0.4, -0.2) is 23.8 Å². The molecule has 0 N–H and O–H groups in total. The lowest BCUT2D eigenvalue weighted by atomic mass is 9.81. The maximum atomic E-state index is 12.1. The molecule has 2 rings (SSSR count). The summed E-state index contributed by atoms with van der Waals surface area (Å²) >= 11 is 0. The highest BCUT2D eigenvalue weighted by Crippen LogP contribution is 2.29. The maximum Gasteiger partial charge on any atom is 0.140 e. The van der Waals surface area contributed by atoms with E-state index in [4.69, 9.17) is 0 Å². The number of ketones is 1. The van der Waals surface area contributed by atoms with E-state index in [1.165, 1.54) is 5.56 Å². The minimum absolute atomic E-state index is 0.148. The zero-order chi connectivity index (χ0) is 13.0. The van der Waals surface area contributed by atoms with Crippen LogP contribution in [0.2, 0.25) is 0 Å². The molecule has 0 bridgehead atoms. The number of rotatable bonds is 3. The smallest absolute Gasteiger partial charge is 0.140 e. The Morgan fingerprint density at radius 2 is 2.00 bits per heavy atom. The Morgan fingerprint density at radius 3 is 2.67 bits per heavy atom. The molecule has 0 aromatic heterocycles. The van der Waals surface area contributed by atoms with Gasteiger partial charge in [-0.2, -0.15) is 0 Å². The number of benzene rings is 1. The molecule has 1 aliphatic heterocycles. The fourth-order valence-electron chi connectivity index (χ4n) is 2.71. The Bertz CT molecular complexity index is 401. The molecule has 1 aromatic carbocycles. The van der Waals surface area contributed by atoms with Crippen LogP contribution in [0.4, 0.5) is 0 Å². The minimum Gasteiger partial charge on any atom is -0.299 e. The van der Waals surface area contributed by atoms with Crippen molar-refractivity contribution in [3.63, 3.8) is 0 Å². The van der Waals surface area contributed by atoms with E-state index in [9.17, 15) is 4.79 Å². The van der Waals surface area contributed by atoms with Gasteiger partial charge in [-0.1, -0.05) is 44.2 Å². The average Bonchev–Trinajstić information content (AvgIpc) is 2.52. The maximum absolute atomic E-state index is 12.1. The van der Waals surface area contributed by atoms with Crippen LogP contribution in [0.5, 0.6) is 0 Å². The summed E-state index contributed by atoms with van der Waals surface area (Å²) in [4.78, 5) is 14.6. The van der Waals surface area contributed by atoms with Crippen LogP contribution in [0.15, 0.2) is 30.3 Å². The van der Waals surface area contributed by atoms with Gasteiger partial charge in [0.1, 0.15) is 5.78 Å². The summed E-state index contributed by atoms with van der Waals surface area (Å²) < 4.78 is 0. The zero-order valence-corrected chi connectivity index (χ0v) is 11.5. The predicted molar refractivity (Wildman–Crippen MR) is 74.4 cm³/mol. The first-order valence-corrected chi connectivity index (χ1v) is 6.93. The van der Waals surface area contributed by atoms with Gasteiger partial charge in [0.2, 0.25) is 0 Å². The molecule has 1 aliphatic rings. The molecule has 0 aliphatic carbocycles. The van der Waals surface area contributed by atoms with Crippen molar-refractivity contribution in [1.29, 1.82) is 0 Å². The molecule has 0 saturated carbocycles. The Labute approximate surface area is 110 Å². The van der Waals surface area contributed by atoms with Crippen LogP contribution in [0.25, 0.3) is 0 Å². The SMILES string of the molecule is CCC1(C)CN(Cc2ccccc2)CCCC1=O. The number of likely N-dealkylation sites (tertiary alicyclic amines) is 1. The molecule has 1 atom stereocenters. The summed E-state index contributed by atoms with van der Waals surface area (Å²) in [7, 11) is 0. The van der Waals surface area contributed by atoms with Gasteiger partial charge in [-0.25, -0.2) is 0 Å². The van der Waals surface area contributed by atoms with E-state index in [0.29, 0.717) is 5.78 Å². The summed E-state index contributed by atoms with van der Waals surface area (Å²) in [6.45, 7) is 7.15. The number of hydrogen-bond acceptors (Lipinski definition) is 2. The number of Topliss-reactive ketones (excluding diaryl/α,β-unsaturated/α-hetero) is 1. The van der Waals surface area contributed by atoms with Gasteiger partial charge in [0, 0.05) is 24.9 Å². The lowest BCUT2D eigenvalue weighted by Gasteiger charge is -2.30. The van der Waals surface area contributed by atoms with Gasteiger partial charge in [0.05, 0.1) is 0 Å². The Morgan fingerprint density at radius 1 is 1.28 bits per heavy atom. The first-order chi connectivity index (χ1) is 8.64. The van der Waals surface area contributed by atoms with E-state index >= 15 is 0 Å². The highest BCUT2D eigenvalue weighted by atomic mass is 16.1. The van der Waals surface area contributed by atoms with E-state index in [-0.39, 0.29) is 5.41 Å². The highest BCUT2D eigenvalue weighted by Gasteiger charge is 2.34. The molecule has 2 heteroatoms. The Balaban J connectivity index is 2.07. The van der Waals surface area contributed by atoms with Crippen molar-refractivity contribution in [2.45, 2.75) is 39.7 Å². The standard InChI is InChI=1S/C16H23NO/c1-3-16(2)13-17(11-7-10-15(16)18)12-14-8-5-4-6-9-14/h4-6,8-9H,3,7,10-13H2,1-2H3. The average molecular weight is 245 g/mol. The molecule has 98 valence electrons. The second-order valence-electron chi connectivity index (χ2n) is 5.64. The Kier molecular flexibility index (Phi) is 4.18. The van der Waals surface area contributed by atoms with Crippen LogP contribution in [-0.2, 0) is 11.3 Å². The summed E-state index contributed by atoms with van der Waals surface area (Å²) in [5.74, 6) is 0.445. The molecule has 18 heavy (non-hydrogen) atoms. The van der Waals surface area contributed by atoms with Crippen molar-refractivity contribution in [1.82, 2.24) is 4.90 Å². The lowest BCUT2D eigenvalue weighted by molar-refractivity contribution is -0.128. The molecule has 1 saturated heterocycles. The molecule has 2 nitrogen and oxygen atoms in total. The van der Waals surface area contributed by atoms with E-state index in [1.54, 1.807) is 0 Å². The molecule has 1 unspecified atom stereocenters. The minimum atomic E-state index is -0.148. The Hall–Kier alpha value is -1.15. The summed E-state index contributed by atoms with van der Waals surface area (Å²) in [6, 6.07) is 10.5. The third-order valence-corrected chi connectivity index (χ3v) is 4.15. The van der Waals surface area contributed by atoms with Crippen LogP contribution >= 0.6 is 0 Å². The zero-order valence-electron chi connectivity index (χ0n) is 11.5. The molecule has 1 heterocycles. The van der Waals surface area contributed by atoms with Crippen LogP contribution in [0.1, 0.15) is 38.7 Å². The quantitative estimate of drug-likeness (QED) is 0.814. The van der Waals surface area contributed by atoms with Gasteiger partial charge in [0.15, 0.2) is 0 Å². The number of nitrogens with zero attached hydrogens (tertiary/aromatic N) is 1. The second-order valence-corrected chi connectivity index (χ2v) is 5.64. The second kappa shape index (κ2) is 5.66. The summed E-state index contributed by atoms with van der Waals surface area (Å²) in [6.07, 6.45) is 2.69. The van der Waals surface area contributed by atoms with E-state index in [2.05, 4.69) is 43.0 Å². The van der Waals surface area contributed by atoms with Gasteiger partial charge in [-0.15, -0.1) is 0 Å².